The van der Waals surface area contributed by atoms with Gasteiger partial charge in [-0.2, -0.15) is 10.1 Å². The van der Waals surface area contributed by atoms with Gasteiger partial charge in [0.2, 0.25) is 0 Å². The van der Waals surface area contributed by atoms with E-state index in [0.29, 0.717) is 23.7 Å². The molecule has 4 rings (SSSR count). The van der Waals surface area contributed by atoms with Crippen LogP contribution in [0.3, 0.4) is 0 Å². The van der Waals surface area contributed by atoms with Crippen LogP contribution in [-0.2, 0) is 13.2 Å². The van der Waals surface area contributed by atoms with E-state index in [1.54, 1.807) is 10.7 Å². The van der Waals surface area contributed by atoms with Crippen molar-refractivity contribution < 1.29 is 18.7 Å². The summed E-state index contributed by atoms with van der Waals surface area (Å²) < 4.78 is 26.3. The number of carbonyl (C=O) groups is 1. The molecule has 8 nitrogen and oxygen atoms in total. The maximum absolute atomic E-state index is 14.1. The molecule has 1 aliphatic heterocycles. The first kappa shape index (κ1) is 17.0. The molecule has 1 aliphatic rings. The fourth-order valence-corrected chi connectivity index (χ4v) is 2.82. The van der Waals surface area contributed by atoms with Crippen LogP contribution in [-0.4, -0.2) is 39.3 Å². The standard InChI is InChI=1S/C18H16FN5O3/c1-26-18-20-10-14(19)16(21-18)23-7-8-24-15(17(23)25)9-12(22-24)11-27-13-5-3-2-4-6-13/h2-6,9-10H,7-8,11H2,1H3. The third-order valence-corrected chi connectivity index (χ3v) is 4.10. The average Bonchev–Trinajstić information content (AvgIpc) is 3.12. The summed E-state index contributed by atoms with van der Waals surface area (Å²) in [6, 6.07) is 11.0. The zero-order chi connectivity index (χ0) is 18.8. The molecule has 0 radical (unpaired) electrons. The van der Waals surface area contributed by atoms with Crippen LogP contribution < -0.4 is 14.4 Å². The van der Waals surface area contributed by atoms with E-state index in [2.05, 4.69) is 15.1 Å². The second kappa shape index (κ2) is 7.02. The van der Waals surface area contributed by atoms with Gasteiger partial charge in [0, 0.05) is 6.54 Å². The monoisotopic (exact) mass is 369 g/mol. The number of benzene rings is 1. The van der Waals surface area contributed by atoms with E-state index in [0.717, 1.165) is 6.20 Å². The third-order valence-electron chi connectivity index (χ3n) is 4.10. The van der Waals surface area contributed by atoms with Crippen molar-refractivity contribution in [2.24, 2.45) is 0 Å². The van der Waals surface area contributed by atoms with Gasteiger partial charge in [0.25, 0.3) is 5.91 Å². The Balaban J connectivity index is 1.55. The van der Waals surface area contributed by atoms with E-state index in [-0.39, 0.29) is 30.9 Å². The Kier molecular flexibility index (Phi) is 4.41. The van der Waals surface area contributed by atoms with Crippen molar-refractivity contribution in [2.75, 3.05) is 18.6 Å². The lowest BCUT2D eigenvalue weighted by Crippen LogP contribution is -2.41. The molecule has 0 atom stereocenters. The largest absolute Gasteiger partial charge is 0.487 e. The summed E-state index contributed by atoms with van der Waals surface area (Å²) >= 11 is 0. The van der Waals surface area contributed by atoms with E-state index >= 15 is 0 Å². The summed E-state index contributed by atoms with van der Waals surface area (Å²) in [6.07, 6.45) is 0.986. The van der Waals surface area contributed by atoms with Crippen LogP contribution in [0.1, 0.15) is 16.2 Å². The number of halogens is 1. The number of hydrogen-bond donors (Lipinski definition) is 0. The Morgan fingerprint density at radius 2 is 2.04 bits per heavy atom. The summed E-state index contributed by atoms with van der Waals surface area (Å²) in [5.41, 5.74) is 0.967. The van der Waals surface area contributed by atoms with Gasteiger partial charge < -0.3 is 9.47 Å². The first-order valence-corrected chi connectivity index (χ1v) is 8.28. The fourth-order valence-electron chi connectivity index (χ4n) is 2.82. The van der Waals surface area contributed by atoms with Crippen molar-refractivity contribution in [1.29, 1.82) is 0 Å². The van der Waals surface area contributed by atoms with Crippen LogP contribution in [0.5, 0.6) is 11.8 Å². The molecular weight excluding hydrogens is 353 g/mol. The van der Waals surface area contributed by atoms with Gasteiger partial charge in [0.1, 0.15) is 23.7 Å². The molecule has 1 aromatic carbocycles. The molecule has 138 valence electrons. The van der Waals surface area contributed by atoms with Crippen LogP contribution in [0.15, 0.2) is 42.6 Å². The van der Waals surface area contributed by atoms with E-state index in [1.807, 2.05) is 30.3 Å². The summed E-state index contributed by atoms with van der Waals surface area (Å²) in [5, 5.41) is 4.39. The molecule has 2 aromatic heterocycles. The topological polar surface area (TPSA) is 82.4 Å². The molecular formula is C18H16FN5O3. The van der Waals surface area contributed by atoms with Crippen LogP contribution in [0, 0.1) is 5.82 Å². The van der Waals surface area contributed by atoms with Gasteiger partial charge in [0.05, 0.1) is 19.9 Å². The predicted molar refractivity (Wildman–Crippen MR) is 93.2 cm³/mol. The van der Waals surface area contributed by atoms with Gasteiger partial charge >= 0.3 is 6.01 Å². The molecule has 0 saturated carbocycles. The minimum atomic E-state index is -0.690. The normalized spacial score (nSPS) is 13.4. The second-order valence-electron chi connectivity index (χ2n) is 5.83. The summed E-state index contributed by atoms with van der Waals surface area (Å²) in [5.74, 6) is -0.475. The predicted octanol–water partition coefficient (Wildman–Crippen LogP) is 2.06. The number of aromatic nitrogens is 4. The zero-order valence-electron chi connectivity index (χ0n) is 14.5. The van der Waals surface area contributed by atoms with Crippen molar-refractivity contribution in [3.63, 3.8) is 0 Å². The molecule has 0 saturated heterocycles. The minimum Gasteiger partial charge on any atom is -0.487 e. The first-order chi connectivity index (χ1) is 13.2. The highest BCUT2D eigenvalue weighted by Crippen LogP contribution is 2.24. The number of fused-ring (bicyclic) bond motifs is 1. The first-order valence-electron chi connectivity index (χ1n) is 8.28. The Bertz CT molecular complexity index is 976. The highest BCUT2D eigenvalue weighted by atomic mass is 19.1. The molecule has 1 amide bonds. The van der Waals surface area contributed by atoms with E-state index in [9.17, 15) is 9.18 Å². The van der Waals surface area contributed by atoms with Gasteiger partial charge in [-0.25, -0.2) is 9.37 Å². The van der Waals surface area contributed by atoms with Crippen LogP contribution in [0.2, 0.25) is 0 Å². The minimum absolute atomic E-state index is 0.00442. The number of hydrogen-bond acceptors (Lipinski definition) is 6. The Morgan fingerprint density at radius 1 is 1.22 bits per heavy atom. The van der Waals surface area contributed by atoms with Crippen LogP contribution in [0.25, 0.3) is 0 Å². The lowest BCUT2D eigenvalue weighted by atomic mass is 10.2. The average molecular weight is 369 g/mol. The number of amides is 1. The Labute approximate surface area is 154 Å². The van der Waals surface area contributed by atoms with Gasteiger partial charge in [-0.15, -0.1) is 0 Å². The second-order valence-corrected chi connectivity index (χ2v) is 5.83. The number of methoxy groups -OCH3 is 1. The summed E-state index contributed by atoms with van der Waals surface area (Å²) in [4.78, 5) is 21.7. The van der Waals surface area contributed by atoms with Gasteiger partial charge in [-0.3, -0.25) is 14.4 Å². The molecule has 0 unspecified atom stereocenters. The van der Waals surface area contributed by atoms with E-state index < -0.39 is 5.82 Å². The van der Waals surface area contributed by atoms with Crippen molar-refractivity contribution >= 4 is 11.7 Å². The molecule has 0 bridgehead atoms. The third kappa shape index (κ3) is 3.31. The van der Waals surface area contributed by atoms with E-state index in [4.69, 9.17) is 9.47 Å². The van der Waals surface area contributed by atoms with Gasteiger partial charge in [-0.1, -0.05) is 18.2 Å². The number of ether oxygens (including phenoxy) is 2. The maximum Gasteiger partial charge on any atom is 0.318 e. The Morgan fingerprint density at radius 3 is 2.81 bits per heavy atom. The molecule has 9 heteroatoms. The molecule has 3 heterocycles. The highest BCUT2D eigenvalue weighted by molar-refractivity contribution is 6.05. The van der Waals surface area contributed by atoms with Crippen LogP contribution >= 0.6 is 0 Å². The van der Waals surface area contributed by atoms with Gasteiger partial charge in [-0.05, 0) is 18.2 Å². The van der Waals surface area contributed by atoms with E-state index in [1.165, 1.54) is 12.0 Å². The number of para-hydroxylation sites is 1. The fraction of sp³-hybridized carbons (Fsp3) is 0.222. The van der Waals surface area contributed by atoms with Crippen molar-refractivity contribution in [3.05, 3.63) is 59.8 Å². The number of nitrogens with zero attached hydrogens (tertiary/aromatic N) is 5. The Hall–Kier alpha value is -3.49. The molecule has 0 N–H and O–H groups in total. The molecule has 0 fully saturated rings. The lowest BCUT2D eigenvalue weighted by Gasteiger charge is -2.26. The quantitative estimate of drug-likeness (QED) is 0.685. The molecule has 0 spiro atoms. The van der Waals surface area contributed by atoms with Gasteiger partial charge in [0.15, 0.2) is 11.6 Å². The summed E-state index contributed by atoms with van der Waals surface area (Å²) in [6.45, 7) is 0.884. The number of anilines is 1. The highest BCUT2D eigenvalue weighted by Gasteiger charge is 2.30. The number of carbonyl (C=O) groups excluding carboxylic acids is 1. The van der Waals surface area contributed by atoms with Crippen molar-refractivity contribution in [2.45, 2.75) is 13.2 Å². The number of rotatable bonds is 5. The summed E-state index contributed by atoms with van der Waals surface area (Å²) in [7, 11) is 1.38. The molecule has 27 heavy (non-hydrogen) atoms. The SMILES string of the molecule is COc1ncc(F)c(N2CCn3nc(COc4ccccc4)cc3C2=O)n1. The van der Waals surface area contributed by atoms with Crippen molar-refractivity contribution in [3.8, 4) is 11.8 Å². The van der Waals surface area contributed by atoms with Crippen molar-refractivity contribution in [1.82, 2.24) is 19.7 Å². The zero-order valence-corrected chi connectivity index (χ0v) is 14.5. The smallest absolute Gasteiger partial charge is 0.318 e. The lowest BCUT2D eigenvalue weighted by molar-refractivity contribution is 0.0960. The maximum atomic E-state index is 14.1. The molecule has 0 aliphatic carbocycles. The molecule has 3 aromatic rings. The van der Waals surface area contributed by atoms with Crippen LogP contribution in [0.4, 0.5) is 10.2 Å².